The second-order valence-electron chi connectivity index (χ2n) is 4.20. The van der Waals surface area contributed by atoms with Crippen molar-refractivity contribution in [2.24, 2.45) is 5.73 Å². The first kappa shape index (κ1) is 10.6. The van der Waals surface area contributed by atoms with Crippen LogP contribution in [0, 0.1) is 0 Å². The van der Waals surface area contributed by atoms with Gasteiger partial charge in [0.2, 0.25) is 0 Å². The summed E-state index contributed by atoms with van der Waals surface area (Å²) in [5.41, 5.74) is 6.71. The van der Waals surface area contributed by atoms with Crippen LogP contribution in [0.15, 0.2) is 12.4 Å². The number of nitrogens with two attached hydrogens (primary N) is 1. The summed E-state index contributed by atoms with van der Waals surface area (Å²) in [5.74, 6) is 0. The maximum absolute atomic E-state index is 5.57. The molecule has 0 unspecified atom stereocenters. The summed E-state index contributed by atoms with van der Waals surface area (Å²) in [6, 6.07) is 0.577. The molecule has 4 nitrogen and oxygen atoms in total. The molecular formula is C11H20N4. The van der Waals surface area contributed by atoms with Crippen molar-refractivity contribution in [2.45, 2.75) is 32.4 Å². The van der Waals surface area contributed by atoms with E-state index >= 15 is 0 Å². The summed E-state index contributed by atoms with van der Waals surface area (Å²) in [6.45, 7) is 6.37. The van der Waals surface area contributed by atoms with Crippen LogP contribution in [-0.2, 0) is 6.54 Å². The zero-order chi connectivity index (χ0) is 10.7. The van der Waals surface area contributed by atoms with Crippen molar-refractivity contribution in [1.29, 1.82) is 0 Å². The van der Waals surface area contributed by atoms with Gasteiger partial charge >= 0.3 is 0 Å². The van der Waals surface area contributed by atoms with Gasteiger partial charge in [-0.25, -0.2) is 0 Å². The summed E-state index contributed by atoms with van der Waals surface area (Å²) >= 11 is 0. The second kappa shape index (κ2) is 4.77. The van der Waals surface area contributed by atoms with E-state index in [2.05, 4.69) is 27.8 Å². The maximum Gasteiger partial charge on any atom is 0.0543 e. The highest BCUT2D eigenvalue weighted by Gasteiger charge is 2.19. The van der Waals surface area contributed by atoms with Gasteiger partial charge in [0.05, 0.1) is 12.2 Å². The smallest absolute Gasteiger partial charge is 0.0543 e. The van der Waals surface area contributed by atoms with Crippen molar-refractivity contribution in [3.8, 4) is 0 Å². The lowest BCUT2D eigenvalue weighted by atomic mass is 10.1. The molecule has 0 amide bonds. The second-order valence-corrected chi connectivity index (χ2v) is 4.20. The Morgan fingerprint density at radius 2 is 2.20 bits per heavy atom. The van der Waals surface area contributed by atoms with E-state index in [0.717, 1.165) is 5.56 Å². The number of aromatic nitrogens is 2. The third-order valence-electron chi connectivity index (χ3n) is 3.27. The van der Waals surface area contributed by atoms with E-state index < -0.39 is 0 Å². The fourth-order valence-electron chi connectivity index (χ4n) is 2.18. The van der Waals surface area contributed by atoms with Crippen LogP contribution in [0.4, 0.5) is 0 Å². The Labute approximate surface area is 91.1 Å². The van der Waals surface area contributed by atoms with Gasteiger partial charge in [-0.2, -0.15) is 5.10 Å². The molecule has 0 aliphatic carbocycles. The van der Waals surface area contributed by atoms with Gasteiger partial charge in [-0.1, -0.05) is 6.92 Å². The van der Waals surface area contributed by atoms with E-state index in [1.807, 2.05) is 6.20 Å². The predicted octanol–water partition coefficient (Wildman–Crippen LogP) is 0.999. The lowest BCUT2D eigenvalue weighted by Crippen LogP contribution is -2.34. The predicted molar refractivity (Wildman–Crippen MR) is 60.5 cm³/mol. The molecule has 0 bridgehead atoms. The number of nitrogens with zero attached hydrogens (tertiary/aromatic N) is 3. The first-order chi connectivity index (χ1) is 7.33. The van der Waals surface area contributed by atoms with Gasteiger partial charge < -0.3 is 10.6 Å². The number of hydrogen-bond donors (Lipinski definition) is 1. The van der Waals surface area contributed by atoms with Crippen LogP contribution in [0.25, 0.3) is 0 Å². The average molecular weight is 208 g/mol. The average Bonchev–Trinajstić information content (AvgIpc) is 2.78. The van der Waals surface area contributed by atoms with Gasteiger partial charge in [-0.3, -0.25) is 4.68 Å². The van der Waals surface area contributed by atoms with Gasteiger partial charge in [-0.15, -0.1) is 0 Å². The molecule has 2 heterocycles. The van der Waals surface area contributed by atoms with Gasteiger partial charge in [0.1, 0.15) is 0 Å². The molecule has 1 aromatic heterocycles. The molecule has 1 aliphatic rings. The third-order valence-corrected chi connectivity index (χ3v) is 3.27. The fourth-order valence-corrected chi connectivity index (χ4v) is 2.18. The van der Waals surface area contributed by atoms with Crippen LogP contribution >= 0.6 is 0 Å². The number of likely N-dealkylation sites (tertiary alicyclic amines) is 1. The van der Waals surface area contributed by atoms with Gasteiger partial charge in [-0.05, 0) is 19.4 Å². The van der Waals surface area contributed by atoms with E-state index in [0.29, 0.717) is 12.6 Å². The van der Waals surface area contributed by atoms with Crippen molar-refractivity contribution >= 4 is 0 Å². The van der Waals surface area contributed by atoms with E-state index in [4.69, 9.17) is 5.73 Å². The van der Waals surface area contributed by atoms with Gasteiger partial charge in [0, 0.05) is 31.4 Å². The number of rotatable bonds is 3. The zero-order valence-corrected chi connectivity index (χ0v) is 9.39. The molecule has 0 spiro atoms. The molecule has 0 aromatic carbocycles. The zero-order valence-electron chi connectivity index (χ0n) is 9.39. The lowest BCUT2D eigenvalue weighted by Gasteiger charge is -2.31. The lowest BCUT2D eigenvalue weighted by molar-refractivity contribution is 0.187. The van der Waals surface area contributed by atoms with E-state index in [1.165, 1.54) is 32.5 Å². The minimum atomic E-state index is 0.577. The normalized spacial score (nSPS) is 19.6. The van der Waals surface area contributed by atoms with Gasteiger partial charge in [0.25, 0.3) is 0 Å². The number of piperidine rings is 1. The molecule has 2 rings (SSSR count). The molecule has 1 aliphatic heterocycles. The first-order valence-corrected chi connectivity index (χ1v) is 5.79. The molecule has 15 heavy (non-hydrogen) atoms. The fraction of sp³-hybridized carbons (Fsp3) is 0.727. The Morgan fingerprint density at radius 1 is 1.47 bits per heavy atom. The third kappa shape index (κ3) is 2.38. The van der Waals surface area contributed by atoms with Crippen molar-refractivity contribution in [3.05, 3.63) is 18.0 Å². The van der Waals surface area contributed by atoms with Crippen LogP contribution < -0.4 is 5.73 Å². The molecule has 2 N–H and O–H groups in total. The van der Waals surface area contributed by atoms with Crippen molar-refractivity contribution < 1.29 is 0 Å². The Hall–Kier alpha value is -0.870. The molecule has 1 aromatic rings. The highest BCUT2D eigenvalue weighted by molar-refractivity contribution is 5.03. The van der Waals surface area contributed by atoms with Crippen LogP contribution in [0.5, 0.6) is 0 Å². The maximum atomic E-state index is 5.57. The van der Waals surface area contributed by atoms with Crippen LogP contribution in [0.2, 0.25) is 0 Å². The molecule has 1 fully saturated rings. The van der Waals surface area contributed by atoms with Gasteiger partial charge in [0.15, 0.2) is 0 Å². The highest BCUT2D eigenvalue weighted by Crippen LogP contribution is 2.21. The monoisotopic (exact) mass is 208 g/mol. The van der Waals surface area contributed by atoms with Crippen molar-refractivity contribution in [1.82, 2.24) is 14.7 Å². The summed E-state index contributed by atoms with van der Waals surface area (Å²) in [5, 5.41) is 4.38. The minimum Gasteiger partial charge on any atom is -0.326 e. The molecule has 84 valence electrons. The summed E-state index contributed by atoms with van der Waals surface area (Å²) in [6.07, 6.45) is 6.39. The van der Waals surface area contributed by atoms with E-state index in [1.54, 1.807) is 0 Å². The van der Waals surface area contributed by atoms with Crippen molar-refractivity contribution in [2.75, 3.05) is 19.6 Å². The molecule has 4 heteroatoms. The van der Waals surface area contributed by atoms with Crippen LogP contribution in [-0.4, -0.2) is 34.3 Å². The Morgan fingerprint density at radius 3 is 2.73 bits per heavy atom. The summed E-state index contributed by atoms with van der Waals surface area (Å²) < 4.78 is 2.09. The first-order valence-electron chi connectivity index (χ1n) is 5.79. The summed E-state index contributed by atoms with van der Waals surface area (Å²) in [4.78, 5) is 2.49. The topological polar surface area (TPSA) is 47.1 Å². The molecular weight excluding hydrogens is 188 g/mol. The Kier molecular flexibility index (Phi) is 3.38. The quantitative estimate of drug-likeness (QED) is 0.806. The molecule has 1 saturated heterocycles. The van der Waals surface area contributed by atoms with Crippen molar-refractivity contribution in [3.63, 3.8) is 0 Å². The molecule has 0 atom stereocenters. The minimum absolute atomic E-state index is 0.577. The van der Waals surface area contributed by atoms with Crippen LogP contribution in [0.1, 0.15) is 31.4 Å². The Bertz CT molecular complexity index is 299. The Balaban J connectivity index is 1.95. The molecule has 0 radical (unpaired) electrons. The number of hydrogen-bond acceptors (Lipinski definition) is 3. The summed E-state index contributed by atoms with van der Waals surface area (Å²) in [7, 11) is 0. The standard InChI is InChI=1S/C11H20N4/c1-2-14-5-3-11(4-6-14)15-9-10(7-12)8-13-15/h8-9,11H,2-7,12H2,1H3. The van der Waals surface area contributed by atoms with E-state index in [9.17, 15) is 0 Å². The SMILES string of the molecule is CCN1CCC(n2cc(CN)cn2)CC1. The largest absolute Gasteiger partial charge is 0.326 e. The van der Waals surface area contributed by atoms with E-state index in [-0.39, 0.29) is 0 Å². The molecule has 0 saturated carbocycles. The highest BCUT2D eigenvalue weighted by atomic mass is 15.3. The van der Waals surface area contributed by atoms with Crippen LogP contribution in [0.3, 0.4) is 0 Å².